The lowest BCUT2D eigenvalue weighted by Crippen LogP contribution is -2.26. The van der Waals surface area contributed by atoms with Crippen LogP contribution in [-0.2, 0) is 9.47 Å². The third-order valence-electron chi connectivity index (χ3n) is 8.07. The first-order valence-corrected chi connectivity index (χ1v) is 17.3. The molecule has 0 atom stereocenters. The number of hydrogen-bond acceptors (Lipinski definition) is 6. The summed E-state index contributed by atoms with van der Waals surface area (Å²) in [4.78, 5) is 29.9. The molecule has 0 N–H and O–H groups in total. The summed E-state index contributed by atoms with van der Waals surface area (Å²) in [5, 5.41) is 0. The summed E-state index contributed by atoms with van der Waals surface area (Å²) in [6, 6.07) is 6.78. The van der Waals surface area contributed by atoms with Crippen LogP contribution in [0.15, 0.2) is 24.3 Å². The van der Waals surface area contributed by atoms with Crippen molar-refractivity contribution in [2.24, 2.45) is 0 Å². The van der Waals surface area contributed by atoms with Crippen molar-refractivity contribution in [3.63, 3.8) is 0 Å². The minimum Gasteiger partial charge on any atom is -0.461 e. The summed E-state index contributed by atoms with van der Waals surface area (Å²) in [7, 11) is 4.13. The van der Waals surface area contributed by atoms with Crippen molar-refractivity contribution in [2.75, 3.05) is 53.5 Å². The van der Waals surface area contributed by atoms with Gasteiger partial charge in [-0.25, -0.2) is 9.59 Å². The number of ether oxygens (including phenoxy) is 2. The van der Waals surface area contributed by atoms with Gasteiger partial charge in [0.25, 0.3) is 0 Å². The maximum Gasteiger partial charge on any atom is 0.339 e. The number of likely N-dealkylation sites (N-methyl/N-ethyl adjacent to an activating group) is 2. The Morgan fingerprint density at radius 2 is 0.810 bits per heavy atom. The normalized spacial score (nSPS) is 11.4. The molecule has 0 radical (unpaired) electrons. The van der Waals surface area contributed by atoms with E-state index in [0.29, 0.717) is 26.3 Å². The van der Waals surface area contributed by atoms with Crippen LogP contribution in [0.1, 0.15) is 150 Å². The van der Waals surface area contributed by atoms with E-state index in [9.17, 15) is 9.59 Å². The van der Waals surface area contributed by atoms with Gasteiger partial charge in [0, 0.05) is 13.1 Å². The number of esters is 2. The van der Waals surface area contributed by atoms with Gasteiger partial charge in [0.05, 0.1) is 11.1 Å². The molecule has 1 rings (SSSR count). The fourth-order valence-electron chi connectivity index (χ4n) is 5.19. The van der Waals surface area contributed by atoms with E-state index < -0.39 is 11.9 Å². The SMILES string of the molecule is CCCCCCCCCCCN(C)CCOC(=O)c1ccccc1C(=O)OCCN(C)CCCCCCCCCCC. The van der Waals surface area contributed by atoms with Crippen molar-refractivity contribution in [2.45, 2.75) is 129 Å². The summed E-state index contributed by atoms with van der Waals surface area (Å²) in [5.41, 5.74) is 0.541. The smallest absolute Gasteiger partial charge is 0.339 e. The highest BCUT2D eigenvalue weighted by molar-refractivity contribution is 6.03. The van der Waals surface area contributed by atoms with Gasteiger partial charge in [-0.1, -0.05) is 129 Å². The highest BCUT2D eigenvalue weighted by Crippen LogP contribution is 2.13. The van der Waals surface area contributed by atoms with Crippen LogP contribution in [0.3, 0.4) is 0 Å². The molecule has 0 fully saturated rings. The zero-order valence-corrected chi connectivity index (χ0v) is 27.8. The van der Waals surface area contributed by atoms with Gasteiger partial charge >= 0.3 is 11.9 Å². The fourth-order valence-corrected chi connectivity index (χ4v) is 5.19. The van der Waals surface area contributed by atoms with Crippen molar-refractivity contribution < 1.29 is 19.1 Å². The third kappa shape index (κ3) is 20.1. The van der Waals surface area contributed by atoms with Gasteiger partial charge in [-0.05, 0) is 52.2 Å². The van der Waals surface area contributed by atoms with Gasteiger partial charge in [0.1, 0.15) is 13.2 Å². The number of carbonyl (C=O) groups excluding carboxylic acids is 2. The van der Waals surface area contributed by atoms with Gasteiger partial charge in [-0.2, -0.15) is 0 Å². The molecule has 6 heteroatoms. The maximum absolute atomic E-state index is 12.8. The molecular formula is C36H64N2O4. The van der Waals surface area contributed by atoms with E-state index in [4.69, 9.17) is 9.47 Å². The molecular weight excluding hydrogens is 524 g/mol. The second kappa shape index (κ2) is 26.7. The van der Waals surface area contributed by atoms with Crippen LogP contribution < -0.4 is 0 Å². The molecule has 0 amide bonds. The molecule has 0 saturated heterocycles. The largest absolute Gasteiger partial charge is 0.461 e. The standard InChI is InChI=1S/C36H64N2O4/c1-5-7-9-11-13-15-17-19-23-27-37(3)29-31-41-35(39)33-25-21-22-26-34(33)36(40)42-32-30-38(4)28-24-20-18-16-14-12-10-8-6-2/h21-22,25-26H,5-20,23-24,27-32H2,1-4H3. The van der Waals surface area contributed by atoms with Crippen molar-refractivity contribution >= 4 is 11.9 Å². The molecule has 0 aliphatic heterocycles. The van der Waals surface area contributed by atoms with Crippen LogP contribution in [0.2, 0.25) is 0 Å². The highest BCUT2D eigenvalue weighted by Gasteiger charge is 2.19. The molecule has 0 aliphatic rings. The summed E-state index contributed by atoms with van der Waals surface area (Å²) in [6.45, 7) is 8.50. The summed E-state index contributed by atoms with van der Waals surface area (Å²) in [6.07, 6.45) is 23.7. The number of unbranched alkanes of at least 4 members (excludes halogenated alkanes) is 16. The van der Waals surface area contributed by atoms with Gasteiger partial charge in [-0.15, -0.1) is 0 Å². The van der Waals surface area contributed by atoms with Crippen LogP contribution in [0.25, 0.3) is 0 Å². The predicted octanol–water partition coefficient (Wildman–Crippen LogP) is 8.93. The second-order valence-electron chi connectivity index (χ2n) is 12.1. The maximum atomic E-state index is 12.8. The highest BCUT2D eigenvalue weighted by atomic mass is 16.5. The molecule has 1 aromatic rings. The van der Waals surface area contributed by atoms with E-state index in [1.54, 1.807) is 24.3 Å². The minimum absolute atomic E-state index is 0.270. The molecule has 0 spiro atoms. The van der Waals surface area contributed by atoms with Crippen molar-refractivity contribution in [1.82, 2.24) is 9.80 Å². The number of hydrogen-bond donors (Lipinski definition) is 0. The van der Waals surface area contributed by atoms with Gasteiger partial charge in [0.2, 0.25) is 0 Å². The Kier molecular flexibility index (Phi) is 24.2. The predicted molar refractivity (Wildman–Crippen MR) is 176 cm³/mol. The number of carbonyl (C=O) groups is 2. The monoisotopic (exact) mass is 588 g/mol. The van der Waals surface area contributed by atoms with E-state index in [1.807, 2.05) is 0 Å². The van der Waals surface area contributed by atoms with Crippen molar-refractivity contribution in [3.05, 3.63) is 35.4 Å². The molecule has 6 nitrogen and oxygen atoms in total. The van der Waals surface area contributed by atoms with E-state index in [0.717, 1.165) is 13.1 Å². The van der Waals surface area contributed by atoms with E-state index >= 15 is 0 Å². The Bertz CT molecular complexity index is 735. The summed E-state index contributed by atoms with van der Waals surface area (Å²) < 4.78 is 11.0. The first kappa shape index (κ1) is 38.1. The Balaban J connectivity index is 2.21. The Hall–Kier alpha value is -1.92. The van der Waals surface area contributed by atoms with Crippen LogP contribution >= 0.6 is 0 Å². The molecule has 0 heterocycles. The number of benzene rings is 1. The lowest BCUT2D eigenvalue weighted by atomic mass is 10.1. The quantitative estimate of drug-likeness (QED) is 0.0719. The fraction of sp³-hybridized carbons (Fsp3) is 0.778. The Labute approximate surface area is 258 Å². The number of nitrogens with zero attached hydrogens (tertiary/aromatic N) is 2. The van der Waals surface area contributed by atoms with E-state index in [2.05, 4.69) is 37.7 Å². The molecule has 0 saturated carbocycles. The van der Waals surface area contributed by atoms with Gasteiger partial charge < -0.3 is 19.3 Å². The van der Waals surface area contributed by atoms with Gasteiger partial charge in [0.15, 0.2) is 0 Å². The average Bonchev–Trinajstić information content (AvgIpc) is 2.99. The zero-order chi connectivity index (χ0) is 30.7. The molecule has 0 unspecified atom stereocenters. The lowest BCUT2D eigenvalue weighted by Gasteiger charge is -2.17. The summed E-state index contributed by atoms with van der Waals surface area (Å²) >= 11 is 0. The van der Waals surface area contributed by atoms with Gasteiger partial charge in [-0.3, -0.25) is 0 Å². The molecule has 0 aromatic heterocycles. The van der Waals surface area contributed by atoms with E-state index in [1.165, 1.54) is 116 Å². The molecule has 242 valence electrons. The van der Waals surface area contributed by atoms with Crippen LogP contribution in [0.5, 0.6) is 0 Å². The topological polar surface area (TPSA) is 59.1 Å². The molecule has 42 heavy (non-hydrogen) atoms. The van der Waals surface area contributed by atoms with E-state index in [-0.39, 0.29) is 11.1 Å². The van der Waals surface area contributed by atoms with Crippen molar-refractivity contribution in [3.8, 4) is 0 Å². The zero-order valence-electron chi connectivity index (χ0n) is 27.8. The lowest BCUT2D eigenvalue weighted by molar-refractivity contribution is 0.0426. The first-order valence-electron chi connectivity index (χ1n) is 17.3. The van der Waals surface area contributed by atoms with Crippen LogP contribution in [-0.4, -0.2) is 75.2 Å². The minimum atomic E-state index is -0.471. The Morgan fingerprint density at radius 1 is 0.500 bits per heavy atom. The molecule has 0 aliphatic carbocycles. The first-order chi connectivity index (χ1) is 20.5. The van der Waals surface area contributed by atoms with Crippen molar-refractivity contribution in [1.29, 1.82) is 0 Å². The molecule has 1 aromatic carbocycles. The van der Waals surface area contributed by atoms with Crippen LogP contribution in [0, 0.1) is 0 Å². The second-order valence-corrected chi connectivity index (χ2v) is 12.1. The van der Waals surface area contributed by atoms with Crippen LogP contribution in [0.4, 0.5) is 0 Å². The number of rotatable bonds is 28. The third-order valence-corrected chi connectivity index (χ3v) is 8.07. The molecule has 0 bridgehead atoms. The summed E-state index contributed by atoms with van der Waals surface area (Å²) in [5.74, 6) is -0.942. The average molecular weight is 589 g/mol. The Morgan fingerprint density at radius 3 is 1.14 bits per heavy atom.